The lowest BCUT2D eigenvalue weighted by Gasteiger charge is -2.12. The summed E-state index contributed by atoms with van der Waals surface area (Å²) in [6, 6.07) is 16.3. The second-order valence-corrected chi connectivity index (χ2v) is 6.09. The fraction of sp³-hybridized carbons (Fsp3) is 0.158. The first-order valence-electron chi connectivity index (χ1n) is 7.42. The molecule has 0 spiro atoms. The van der Waals surface area contributed by atoms with Crippen molar-refractivity contribution in [2.24, 2.45) is 0 Å². The molecule has 0 saturated carbocycles. The van der Waals surface area contributed by atoms with Gasteiger partial charge in [-0.15, -0.1) is 0 Å². The van der Waals surface area contributed by atoms with Crippen molar-refractivity contribution in [2.45, 2.75) is 19.3 Å². The van der Waals surface area contributed by atoms with E-state index >= 15 is 0 Å². The third-order valence-electron chi connectivity index (χ3n) is 3.26. The molecule has 0 aliphatic heterocycles. The predicted octanol–water partition coefficient (Wildman–Crippen LogP) is 5.21. The molecule has 2 rings (SSSR count). The lowest BCUT2D eigenvalue weighted by Crippen LogP contribution is -1.98. The molecule has 0 radical (unpaired) electrons. The maximum atomic E-state index is 9.55. The Bertz CT molecular complexity index is 732. The first kappa shape index (κ1) is 23.7. The van der Waals surface area contributed by atoms with Crippen molar-refractivity contribution in [2.75, 3.05) is 0 Å². The number of benzene rings is 2. The summed E-state index contributed by atoms with van der Waals surface area (Å²) in [5, 5.41) is 16.9. The van der Waals surface area contributed by atoms with E-state index in [0.29, 0.717) is 28.1 Å². The van der Waals surface area contributed by atoms with E-state index in [2.05, 4.69) is 31.2 Å². The van der Waals surface area contributed by atoms with Gasteiger partial charge in [-0.3, -0.25) is 0 Å². The minimum Gasteiger partial charge on any atom is -0.478 e. The van der Waals surface area contributed by atoms with E-state index in [9.17, 15) is 9.59 Å². The Morgan fingerprint density at radius 1 is 0.962 bits per heavy atom. The van der Waals surface area contributed by atoms with E-state index < -0.39 is 11.9 Å². The summed E-state index contributed by atoms with van der Waals surface area (Å²) < 4.78 is 0. The summed E-state index contributed by atoms with van der Waals surface area (Å²) in [6.07, 6.45) is 2.09. The summed E-state index contributed by atoms with van der Waals surface area (Å²) in [6.45, 7) is 2.22. The molecule has 0 fully saturated rings. The van der Waals surface area contributed by atoms with Gasteiger partial charge in [0.1, 0.15) is 0 Å². The Morgan fingerprint density at radius 3 is 1.96 bits per heavy atom. The smallest absolute Gasteiger partial charge is 0.328 e. The summed E-state index contributed by atoms with van der Waals surface area (Å²) in [5.41, 5.74) is 2.56. The van der Waals surface area contributed by atoms with Gasteiger partial charge in [-0.1, -0.05) is 66.5 Å². The van der Waals surface area contributed by atoms with Crippen molar-refractivity contribution in [3.05, 3.63) is 81.9 Å². The highest BCUT2D eigenvalue weighted by Gasteiger charge is 2.07. The lowest BCUT2D eigenvalue weighted by molar-refractivity contribution is -0.134. The summed E-state index contributed by atoms with van der Waals surface area (Å²) >= 11 is 11.9. The number of carbonyl (C=O) groups is 2. The van der Waals surface area contributed by atoms with Crippen molar-refractivity contribution in [1.29, 1.82) is 0 Å². The van der Waals surface area contributed by atoms with E-state index in [-0.39, 0.29) is 6.15 Å². The van der Waals surface area contributed by atoms with Crippen LogP contribution in [0.5, 0.6) is 0 Å². The van der Waals surface area contributed by atoms with Gasteiger partial charge in [-0.05, 0) is 35.6 Å². The second kappa shape index (κ2) is 12.1. The fourth-order valence-electron chi connectivity index (χ4n) is 2.06. The van der Waals surface area contributed by atoms with Crippen LogP contribution in [0.15, 0.2) is 60.7 Å². The van der Waals surface area contributed by atoms with Gasteiger partial charge in [0.25, 0.3) is 0 Å². The van der Waals surface area contributed by atoms with Gasteiger partial charge in [0.15, 0.2) is 0 Å². The number of aliphatic carboxylic acids is 2. The summed E-state index contributed by atoms with van der Waals surface area (Å²) in [5.74, 6) is -2.03. The van der Waals surface area contributed by atoms with Crippen LogP contribution in [0.25, 0.3) is 0 Å². The Labute approximate surface area is 162 Å². The van der Waals surface area contributed by atoms with E-state index in [1.165, 1.54) is 11.1 Å². The van der Waals surface area contributed by atoms with E-state index in [4.69, 9.17) is 33.4 Å². The maximum absolute atomic E-state index is 9.55. The number of carboxylic acids is 2. The molecular weight excluding hydrogens is 377 g/mol. The van der Waals surface area contributed by atoms with Crippen molar-refractivity contribution >= 4 is 35.1 Å². The van der Waals surface area contributed by atoms with Crippen LogP contribution >= 0.6 is 23.2 Å². The lowest BCUT2D eigenvalue weighted by atomic mass is 9.94. The van der Waals surface area contributed by atoms with Gasteiger partial charge < -0.3 is 16.4 Å². The Balaban J connectivity index is 0.000000597. The summed E-state index contributed by atoms with van der Waals surface area (Å²) in [4.78, 5) is 19.1. The average molecular weight is 398 g/mol. The average Bonchev–Trinajstić information content (AvgIpc) is 2.58. The molecule has 7 heteroatoms. The van der Waals surface area contributed by atoms with Crippen LogP contribution in [-0.2, 0) is 16.0 Å². The van der Waals surface area contributed by atoms with Gasteiger partial charge in [-0.25, -0.2) is 9.59 Å². The van der Waals surface area contributed by atoms with Crippen LogP contribution in [-0.4, -0.2) is 22.2 Å². The van der Waals surface area contributed by atoms with Crippen LogP contribution in [0.4, 0.5) is 0 Å². The topological polar surface area (TPSA) is 110 Å². The van der Waals surface area contributed by atoms with Crippen LogP contribution in [0.3, 0.4) is 0 Å². The Kier molecular flexibility index (Phi) is 11.0. The zero-order chi connectivity index (χ0) is 18.8. The van der Waals surface area contributed by atoms with Crippen molar-refractivity contribution in [3.63, 3.8) is 0 Å². The van der Waals surface area contributed by atoms with Gasteiger partial charge in [0, 0.05) is 12.2 Å². The van der Waals surface area contributed by atoms with Gasteiger partial charge in [-0.2, -0.15) is 0 Å². The number of halogens is 2. The first-order valence-corrected chi connectivity index (χ1v) is 8.18. The van der Waals surface area contributed by atoms with E-state index in [0.717, 1.165) is 6.42 Å². The quantitative estimate of drug-likeness (QED) is 0.599. The van der Waals surface area contributed by atoms with Crippen LogP contribution in [0, 0.1) is 0 Å². The number of carboxylic acid groups (broad SMARTS) is 2. The van der Waals surface area contributed by atoms with Crippen molar-refractivity contribution in [1.82, 2.24) is 6.15 Å². The molecule has 1 atom stereocenters. The molecular formula is C19H21Cl2NO4. The van der Waals surface area contributed by atoms with Gasteiger partial charge >= 0.3 is 11.9 Å². The predicted molar refractivity (Wildman–Crippen MR) is 104 cm³/mol. The molecule has 0 bridgehead atoms. The monoisotopic (exact) mass is 397 g/mol. The minimum atomic E-state index is -1.26. The molecule has 0 amide bonds. The molecule has 1 unspecified atom stereocenters. The van der Waals surface area contributed by atoms with Gasteiger partial charge in [0.2, 0.25) is 0 Å². The standard InChI is InChI=1S/C15H14Cl2.C4H4O4.H3N/c1-11(13-5-3-2-4-6-13)9-12-7-8-14(16)15(17)10-12;5-3(6)1-2-4(7)8;/h2-8,10-11H,9H2,1H3;1-2H,(H,5,6)(H,7,8);1H3. The number of hydrogen-bond donors (Lipinski definition) is 3. The molecule has 2 aromatic rings. The SMILES string of the molecule is CC(Cc1ccc(Cl)c(Cl)c1)c1ccccc1.N.O=C(O)C=CC(=O)O. The zero-order valence-electron chi connectivity index (χ0n) is 14.2. The molecule has 2 aromatic carbocycles. The molecule has 5 N–H and O–H groups in total. The molecule has 0 aromatic heterocycles. The van der Waals surface area contributed by atoms with Crippen LogP contribution in [0.1, 0.15) is 24.0 Å². The number of hydrogen-bond acceptors (Lipinski definition) is 3. The Morgan fingerprint density at radius 2 is 1.50 bits per heavy atom. The number of rotatable bonds is 5. The third kappa shape index (κ3) is 9.22. The van der Waals surface area contributed by atoms with E-state index in [1.807, 2.05) is 24.3 Å². The van der Waals surface area contributed by atoms with Crippen molar-refractivity contribution in [3.8, 4) is 0 Å². The highest BCUT2D eigenvalue weighted by Crippen LogP contribution is 2.26. The highest BCUT2D eigenvalue weighted by atomic mass is 35.5. The van der Waals surface area contributed by atoms with Crippen LogP contribution < -0.4 is 6.15 Å². The molecule has 0 aliphatic rings. The highest BCUT2D eigenvalue weighted by molar-refractivity contribution is 6.42. The second-order valence-electron chi connectivity index (χ2n) is 5.27. The largest absolute Gasteiger partial charge is 0.478 e. The molecule has 26 heavy (non-hydrogen) atoms. The van der Waals surface area contributed by atoms with E-state index in [1.54, 1.807) is 0 Å². The first-order chi connectivity index (χ1) is 11.8. The van der Waals surface area contributed by atoms with Crippen LogP contribution in [0.2, 0.25) is 10.0 Å². The maximum Gasteiger partial charge on any atom is 0.328 e. The minimum absolute atomic E-state index is 0. The normalized spacial score (nSPS) is 11.0. The fourth-order valence-corrected chi connectivity index (χ4v) is 2.38. The molecule has 5 nitrogen and oxygen atoms in total. The summed E-state index contributed by atoms with van der Waals surface area (Å²) in [7, 11) is 0. The zero-order valence-corrected chi connectivity index (χ0v) is 15.7. The van der Waals surface area contributed by atoms with Gasteiger partial charge in [0.05, 0.1) is 10.0 Å². The molecule has 0 heterocycles. The Hall–Kier alpha value is -2.34. The molecule has 0 aliphatic carbocycles. The third-order valence-corrected chi connectivity index (χ3v) is 4.00. The molecule has 0 saturated heterocycles. The molecule has 140 valence electrons. The van der Waals surface area contributed by atoms with Crippen molar-refractivity contribution < 1.29 is 19.8 Å².